The van der Waals surface area contributed by atoms with Crippen LogP contribution < -0.4 is 5.32 Å². The van der Waals surface area contributed by atoms with Crippen LogP contribution in [0.15, 0.2) is 36.4 Å². The second-order valence-corrected chi connectivity index (χ2v) is 5.45. The van der Waals surface area contributed by atoms with Gasteiger partial charge in [-0.25, -0.2) is 8.78 Å². The highest BCUT2D eigenvalue weighted by molar-refractivity contribution is 6.33. The fourth-order valence-electron chi connectivity index (χ4n) is 2.21. The number of nitrogens with one attached hydrogen (secondary N) is 1. The molecule has 2 rings (SSSR count). The summed E-state index contributed by atoms with van der Waals surface area (Å²) in [5, 5.41) is 3.56. The lowest BCUT2D eigenvalue weighted by Crippen LogP contribution is -2.19. The SMILES string of the molecule is CCCNC(C)c1ccc(F)c(-c2ccc(F)cc2Cl)c1. The molecular formula is C17H18ClF2N. The third-order valence-corrected chi connectivity index (χ3v) is 3.72. The molecule has 0 heterocycles. The van der Waals surface area contributed by atoms with E-state index < -0.39 is 5.82 Å². The summed E-state index contributed by atoms with van der Waals surface area (Å²) in [5.41, 5.74) is 1.86. The Morgan fingerprint density at radius 2 is 1.86 bits per heavy atom. The first kappa shape index (κ1) is 15.9. The fraction of sp³-hybridized carbons (Fsp3) is 0.294. The van der Waals surface area contributed by atoms with Crippen LogP contribution in [0.5, 0.6) is 0 Å². The molecule has 0 amide bonds. The average Bonchev–Trinajstić information content (AvgIpc) is 2.46. The normalized spacial score (nSPS) is 12.4. The van der Waals surface area contributed by atoms with Gasteiger partial charge in [0.15, 0.2) is 0 Å². The van der Waals surface area contributed by atoms with Gasteiger partial charge in [-0.15, -0.1) is 0 Å². The van der Waals surface area contributed by atoms with Gasteiger partial charge in [0.1, 0.15) is 11.6 Å². The molecule has 2 aromatic carbocycles. The van der Waals surface area contributed by atoms with Crippen LogP contribution in [0.1, 0.15) is 31.9 Å². The molecular weight excluding hydrogens is 292 g/mol. The first-order valence-corrected chi connectivity index (χ1v) is 7.39. The molecule has 0 spiro atoms. The van der Waals surface area contributed by atoms with Gasteiger partial charge in [-0.05, 0) is 55.8 Å². The molecule has 21 heavy (non-hydrogen) atoms. The van der Waals surface area contributed by atoms with Gasteiger partial charge in [-0.1, -0.05) is 24.6 Å². The molecule has 4 heteroatoms. The number of benzene rings is 2. The minimum atomic E-state index is -0.432. The Morgan fingerprint density at radius 3 is 2.52 bits per heavy atom. The molecule has 0 aliphatic rings. The standard InChI is InChI=1S/C17H18ClF2N/c1-3-8-21-11(2)12-4-7-17(20)15(9-12)14-6-5-13(19)10-16(14)18/h4-7,9-11,21H,3,8H2,1-2H3. The first-order chi connectivity index (χ1) is 10.0. The van der Waals surface area contributed by atoms with E-state index in [2.05, 4.69) is 12.2 Å². The lowest BCUT2D eigenvalue weighted by Gasteiger charge is -2.16. The van der Waals surface area contributed by atoms with Gasteiger partial charge >= 0.3 is 0 Å². The van der Waals surface area contributed by atoms with Crippen molar-refractivity contribution in [3.05, 3.63) is 58.6 Å². The van der Waals surface area contributed by atoms with Gasteiger partial charge in [0, 0.05) is 17.2 Å². The van der Waals surface area contributed by atoms with Gasteiger partial charge in [-0.2, -0.15) is 0 Å². The Morgan fingerprint density at radius 1 is 1.10 bits per heavy atom. The van der Waals surface area contributed by atoms with E-state index in [9.17, 15) is 8.78 Å². The Labute approximate surface area is 128 Å². The van der Waals surface area contributed by atoms with Gasteiger partial charge in [0.2, 0.25) is 0 Å². The molecule has 0 fully saturated rings. The van der Waals surface area contributed by atoms with E-state index in [0.717, 1.165) is 18.5 Å². The van der Waals surface area contributed by atoms with Crippen LogP contribution in [-0.2, 0) is 0 Å². The van der Waals surface area contributed by atoms with E-state index in [1.165, 1.54) is 24.3 Å². The van der Waals surface area contributed by atoms with Crippen molar-refractivity contribution in [1.29, 1.82) is 0 Å². The smallest absolute Gasteiger partial charge is 0.131 e. The Balaban J connectivity index is 2.39. The fourth-order valence-corrected chi connectivity index (χ4v) is 2.47. The molecule has 0 aliphatic carbocycles. The van der Waals surface area contributed by atoms with Gasteiger partial charge in [0.05, 0.1) is 5.02 Å². The molecule has 112 valence electrons. The van der Waals surface area contributed by atoms with Crippen LogP contribution in [0.2, 0.25) is 5.02 Å². The monoisotopic (exact) mass is 309 g/mol. The largest absolute Gasteiger partial charge is 0.310 e. The van der Waals surface area contributed by atoms with Crippen molar-refractivity contribution in [3.8, 4) is 11.1 Å². The minimum absolute atomic E-state index is 0.114. The van der Waals surface area contributed by atoms with E-state index in [-0.39, 0.29) is 16.9 Å². The molecule has 0 aliphatic heterocycles. The summed E-state index contributed by atoms with van der Waals surface area (Å²) in [6, 6.07) is 9.04. The Bertz CT molecular complexity index is 628. The highest BCUT2D eigenvalue weighted by Crippen LogP contribution is 2.32. The first-order valence-electron chi connectivity index (χ1n) is 7.01. The number of rotatable bonds is 5. The van der Waals surface area contributed by atoms with E-state index in [1.807, 2.05) is 6.92 Å². The average molecular weight is 310 g/mol. The summed E-state index contributed by atoms with van der Waals surface area (Å²) >= 11 is 6.03. The molecule has 0 radical (unpaired) electrons. The van der Waals surface area contributed by atoms with Crippen molar-refractivity contribution >= 4 is 11.6 Å². The van der Waals surface area contributed by atoms with Crippen molar-refractivity contribution in [2.45, 2.75) is 26.3 Å². The van der Waals surface area contributed by atoms with Crippen LogP contribution in [0.25, 0.3) is 11.1 Å². The van der Waals surface area contributed by atoms with Crippen molar-refractivity contribution in [3.63, 3.8) is 0 Å². The maximum Gasteiger partial charge on any atom is 0.131 e. The molecule has 0 saturated heterocycles. The molecule has 1 atom stereocenters. The second kappa shape index (κ2) is 7.01. The molecule has 1 nitrogen and oxygen atoms in total. The van der Waals surface area contributed by atoms with Gasteiger partial charge in [0.25, 0.3) is 0 Å². The van der Waals surface area contributed by atoms with Crippen LogP contribution in [0, 0.1) is 11.6 Å². The Hall–Kier alpha value is -1.45. The molecule has 0 aromatic heterocycles. The summed E-state index contributed by atoms with van der Waals surface area (Å²) < 4.78 is 27.2. The zero-order valence-corrected chi connectivity index (χ0v) is 12.8. The molecule has 1 unspecified atom stereocenters. The van der Waals surface area contributed by atoms with E-state index in [0.29, 0.717) is 11.1 Å². The summed E-state index contributed by atoms with van der Waals surface area (Å²) in [4.78, 5) is 0. The Kier molecular flexibility index (Phi) is 5.32. The van der Waals surface area contributed by atoms with Gasteiger partial charge in [-0.3, -0.25) is 0 Å². The quantitative estimate of drug-likeness (QED) is 0.785. The lowest BCUT2D eigenvalue weighted by molar-refractivity contribution is 0.568. The van der Waals surface area contributed by atoms with E-state index in [1.54, 1.807) is 12.1 Å². The van der Waals surface area contributed by atoms with E-state index in [4.69, 9.17) is 11.6 Å². The number of halogens is 3. The van der Waals surface area contributed by atoms with Crippen LogP contribution in [-0.4, -0.2) is 6.54 Å². The second-order valence-electron chi connectivity index (χ2n) is 5.04. The lowest BCUT2D eigenvalue weighted by atomic mass is 9.99. The van der Waals surface area contributed by atoms with Crippen molar-refractivity contribution in [1.82, 2.24) is 5.32 Å². The third-order valence-electron chi connectivity index (χ3n) is 3.41. The highest BCUT2D eigenvalue weighted by Gasteiger charge is 2.13. The molecule has 0 saturated carbocycles. The van der Waals surface area contributed by atoms with Crippen molar-refractivity contribution < 1.29 is 8.78 Å². The van der Waals surface area contributed by atoms with Crippen LogP contribution >= 0.6 is 11.6 Å². The topological polar surface area (TPSA) is 12.0 Å². The third kappa shape index (κ3) is 3.80. The molecule has 2 aromatic rings. The van der Waals surface area contributed by atoms with Crippen LogP contribution in [0.3, 0.4) is 0 Å². The zero-order chi connectivity index (χ0) is 15.4. The van der Waals surface area contributed by atoms with Gasteiger partial charge < -0.3 is 5.32 Å². The predicted octanol–water partition coefficient (Wildman–Crippen LogP) is 5.35. The summed E-state index contributed by atoms with van der Waals surface area (Å²) in [6.45, 7) is 5.01. The van der Waals surface area contributed by atoms with Crippen molar-refractivity contribution in [2.24, 2.45) is 0 Å². The maximum atomic E-state index is 14.1. The maximum absolute atomic E-state index is 14.1. The summed E-state index contributed by atoms with van der Waals surface area (Å²) in [7, 11) is 0. The summed E-state index contributed by atoms with van der Waals surface area (Å²) in [6.07, 6.45) is 1.03. The highest BCUT2D eigenvalue weighted by atomic mass is 35.5. The van der Waals surface area contributed by atoms with Crippen LogP contribution in [0.4, 0.5) is 8.78 Å². The predicted molar refractivity (Wildman–Crippen MR) is 83.5 cm³/mol. The molecule has 1 N–H and O–H groups in total. The molecule has 0 bridgehead atoms. The van der Waals surface area contributed by atoms with Crippen molar-refractivity contribution in [2.75, 3.05) is 6.54 Å². The number of hydrogen-bond acceptors (Lipinski definition) is 1. The minimum Gasteiger partial charge on any atom is -0.310 e. The zero-order valence-electron chi connectivity index (χ0n) is 12.1. The summed E-state index contributed by atoms with van der Waals surface area (Å²) in [5.74, 6) is -0.798. The number of hydrogen-bond donors (Lipinski definition) is 1. The van der Waals surface area contributed by atoms with E-state index >= 15 is 0 Å².